The molecule has 2 rings (SSSR count). The molecule has 0 aliphatic carbocycles. The largest absolute Gasteiger partial charge is 0.306 e. The van der Waals surface area contributed by atoms with E-state index in [1.807, 2.05) is 5.38 Å². The second-order valence-electron chi connectivity index (χ2n) is 3.16. The summed E-state index contributed by atoms with van der Waals surface area (Å²) in [5, 5.41) is 6.27. The first-order valence-corrected chi connectivity index (χ1v) is 5.56. The van der Waals surface area contributed by atoms with Gasteiger partial charge in [0.25, 0.3) is 0 Å². The Morgan fingerprint density at radius 2 is 2.00 bits per heavy atom. The Hall–Kier alpha value is -1.26. The normalized spacial score (nSPS) is 10.5. The van der Waals surface area contributed by atoms with Crippen LogP contribution in [0.3, 0.4) is 0 Å². The quantitative estimate of drug-likeness (QED) is 0.860. The molecule has 0 radical (unpaired) electrons. The molecule has 1 heterocycles. The predicted octanol–water partition coefficient (Wildman–Crippen LogP) is 2.57. The number of aromatic nitrogens is 1. The van der Waals surface area contributed by atoms with E-state index in [2.05, 4.69) is 10.3 Å². The molecule has 2 nitrogen and oxygen atoms in total. The maximum atomic E-state index is 12.6. The Kier molecular flexibility index (Phi) is 3.42. The van der Waals surface area contributed by atoms with E-state index in [1.54, 1.807) is 29.7 Å². The number of halogens is 1. The molecule has 0 saturated carbocycles. The van der Waals surface area contributed by atoms with Crippen LogP contribution in [0.2, 0.25) is 0 Å². The Morgan fingerprint density at radius 1 is 1.20 bits per heavy atom. The van der Waals surface area contributed by atoms with E-state index in [1.165, 1.54) is 12.1 Å². The number of thiazole rings is 1. The maximum absolute atomic E-state index is 12.6. The number of nitrogens with one attached hydrogen (secondary N) is 1. The van der Waals surface area contributed by atoms with Crippen molar-refractivity contribution in [2.75, 3.05) is 0 Å². The lowest BCUT2D eigenvalue weighted by atomic mass is 10.2. The molecule has 1 aromatic carbocycles. The van der Waals surface area contributed by atoms with Crippen LogP contribution in [0.5, 0.6) is 0 Å². The molecule has 0 saturated heterocycles. The number of nitrogens with zero attached hydrogens (tertiary/aromatic N) is 1. The van der Waals surface area contributed by atoms with Gasteiger partial charge in [0, 0.05) is 24.7 Å². The average Bonchev–Trinajstić information content (AvgIpc) is 2.74. The summed E-state index contributed by atoms with van der Waals surface area (Å²) in [6.07, 6.45) is 1.79. The van der Waals surface area contributed by atoms with Gasteiger partial charge in [-0.2, -0.15) is 0 Å². The molecule has 0 unspecified atom stereocenters. The fraction of sp³-hybridized carbons (Fsp3) is 0.182. The van der Waals surface area contributed by atoms with Crippen molar-refractivity contribution in [3.63, 3.8) is 0 Å². The van der Waals surface area contributed by atoms with E-state index in [9.17, 15) is 4.39 Å². The first-order valence-electron chi connectivity index (χ1n) is 4.68. The molecule has 0 amide bonds. The van der Waals surface area contributed by atoms with Gasteiger partial charge in [0.05, 0.1) is 0 Å². The van der Waals surface area contributed by atoms with Crippen molar-refractivity contribution in [1.82, 2.24) is 10.3 Å². The summed E-state index contributed by atoms with van der Waals surface area (Å²) in [6, 6.07) is 6.51. The van der Waals surface area contributed by atoms with Crippen molar-refractivity contribution >= 4 is 11.3 Å². The van der Waals surface area contributed by atoms with Crippen molar-refractivity contribution in [1.29, 1.82) is 0 Å². The monoisotopic (exact) mass is 222 g/mol. The summed E-state index contributed by atoms with van der Waals surface area (Å²) >= 11 is 1.63. The van der Waals surface area contributed by atoms with Crippen molar-refractivity contribution in [2.24, 2.45) is 0 Å². The highest BCUT2D eigenvalue weighted by Crippen LogP contribution is 2.05. The van der Waals surface area contributed by atoms with Crippen LogP contribution in [0.1, 0.15) is 10.6 Å². The first kappa shape index (κ1) is 10.3. The summed E-state index contributed by atoms with van der Waals surface area (Å²) in [5.74, 6) is -0.196. The second kappa shape index (κ2) is 5.00. The highest BCUT2D eigenvalue weighted by atomic mass is 32.1. The van der Waals surface area contributed by atoms with Gasteiger partial charge in [0.15, 0.2) is 0 Å². The third-order valence-corrected chi connectivity index (χ3v) is 2.78. The minimum absolute atomic E-state index is 0.196. The smallest absolute Gasteiger partial charge is 0.123 e. The highest BCUT2D eigenvalue weighted by Gasteiger charge is 1.96. The van der Waals surface area contributed by atoms with Crippen LogP contribution in [-0.4, -0.2) is 4.98 Å². The average molecular weight is 222 g/mol. The van der Waals surface area contributed by atoms with E-state index in [4.69, 9.17) is 0 Å². The van der Waals surface area contributed by atoms with Crippen LogP contribution < -0.4 is 5.32 Å². The van der Waals surface area contributed by atoms with Gasteiger partial charge < -0.3 is 5.32 Å². The second-order valence-corrected chi connectivity index (χ2v) is 4.13. The number of rotatable bonds is 4. The zero-order chi connectivity index (χ0) is 10.5. The molecule has 0 atom stereocenters. The maximum Gasteiger partial charge on any atom is 0.123 e. The van der Waals surface area contributed by atoms with Crippen LogP contribution >= 0.6 is 11.3 Å². The Labute approximate surface area is 91.8 Å². The molecule has 2 aromatic rings. The molecular formula is C11H11FN2S. The molecule has 1 aromatic heterocycles. The van der Waals surface area contributed by atoms with Crippen molar-refractivity contribution in [2.45, 2.75) is 13.1 Å². The van der Waals surface area contributed by atoms with Crippen LogP contribution in [0, 0.1) is 5.82 Å². The summed E-state index contributed by atoms with van der Waals surface area (Å²) in [7, 11) is 0. The van der Waals surface area contributed by atoms with Crippen LogP contribution in [0.25, 0.3) is 0 Å². The predicted molar refractivity (Wildman–Crippen MR) is 59.1 cm³/mol. The lowest BCUT2D eigenvalue weighted by Crippen LogP contribution is -2.12. The van der Waals surface area contributed by atoms with Gasteiger partial charge in [-0.25, -0.2) is 9.37 Å². The van der Waals surface area contributed by atoms with E-state index in [0.29, 0.717) is 0 Å². The third kappa shape index (κ3) is 3.11. The Balaban J connectivity index is 1.81. The van der Waals surface area contributed by atoms with Gasteiger partial charge in [-0.3, -0.25) is 0 Å². The molecule has 78 valence electrons. The summed E-state index contributed by atoms with van der Waals surface area (Å²) < 4.78 is 12.6. The zero-order valence-corrected chi connectivity index (χ0v) is 8.93. The molecule has 4 heteroatoms. The van der Waals surface area contributed by atoms with Crippen molar-refractivity contribution in [3.8, 4) is 0 Å². The lowest BCUT2D eigenvalue weighted by molar-refractivity contribution is 0.625. The first-order chi connectivity index (χ1) is 7.34. The van der Waals surface area contributed by atoms with Gasteiger partial charge in [-0.05, 0) is 17.7 Å². The van der Waals surface area contributed by atoms with Gasteiger partial charge in [0.2, 0.25) is 0 Å². The molecule has 1 N–H and O–H groups in total. The molecular weight excluding hydrogens is 211 g/mol. The van der Waals surface area contributed by atoms with E-state index < -0.39 is 0 Å². The summed E-state index contributed by atoms with van der Waals surface area (Å²) in [6.45, 7) is 1.49. The minimum Gasteiger partial charge on any atom is -0.306 e. The summed E-state index contributed by atoms with van der Waals surface area (Å²) in [4.78, 5) is 4.16. The Bertz CT molecular complexity index is 397. The van der Waals surface area contributed by atoms with Crippen molar-refractivity contribution in [3.05, 3.63) is 52.2 Å². The van der Waals surface area contributed by atoms with Crippen LogP contribution in [-0.2, 0) is 13.1 Å². The summed E-state index contributed by atoms with van der Waals surface area (Å²) in [5.41, 5.74) is 1.08. The molecule has 15 heavy (non-hydrogen) atoms. The molecule has 0 spiro atoms. The lowest BCUT2D eigenvalue weighted by Gasteiger charge is -2.02. The standard InChI is InChI=1S/C11H11FN2S/c12-10-3-1-9(2-4-10)7-13-8-11-14-5-6-15-11/h1-6,13H,7-8H2. The molecule has 0 aliphatic heterocycles. The molecule has 0 fully saturated rings. The highest BCUT2D eigenvalue weighted by molar-refractivity contribution is 7.09. The van der Waals surface area contributed by atoms with Gasteiger partial charge in [0.1, 0.15) is 10.8 Å². The third-order valence-electron chi connectivity index (χ3n) is 2.00. The zero-order valence-electron chi connectivity index (χ0n) is 8.11. The van der Waals surface area contributed by atoms with Crippen LogP contribution in [0.4, 0.5) is 4.39 Å². The van der Waals surface area contributed by atoms with Gasteiger partial charge >= 0.3 is 0 Å². The number of benzene rings is 1. The number of hydrogen-bond donors (Lipinski definition) is 1. The topological polar surface area (TPSA) is 24.9 Å². The number of hydrogen-bond acceptors (Lipinski definition) is 3. The van der Waals surface area contributed by atoms with Gasteiger partial charge in [-0.1, -0.05) is 12.1 Å². The van der Waals surface area contributed by atoms with Crippen molar-refractivity contribution < 1.29 is 4.39 Å². The van der Waals surface area contributed by atoms with E-state index >= 15 is 0 Å². The van der Waals surface area contributed by atoms with E-state index in [0.717, 1.165) is 23.7 Å². The fourth-order valence-corrected chi connectivity index (χ4v) is 1.84. The molecule has 0 aliphatic rings. The SMILES string of the molecule is Fc1ccc(CNCc2nccs2)cc1. The van der Waals surface area contributed by atoms with E-state index in [-0.39, 0.29) is 5.82 Å². The Morgan fingerprint density at radius 3 is 2.67 bits per heavy atom. The fourth-order valence-electron chi connectivity index (χ4n) is 1.26. The van der Waals surface area contributed by atoms with Gasteiger partial charge in [-0.15, -0.1) is 11.3 Å². The van der Waals surface area contributed by atoms with Crippen LogP contribution in [0.15, 0.2) is 35.8 Å². The molecule has 0 bridgehead atoms. The minimum atomic E-state index is -0.196.